The van der Waals surface area contributed by atoms with Crippen LogP contribution < -0.4 is 0 Å². The first-order valence-electron chi connectivity index (χ1n) is 7.66. The molecule has 0 saturated carbocycles. The summed E-state index contributed by atoms with van der Waals surface area (Å²) < 4.78 is 0. The average Bonchev–Trinajstić information content (AvgIpc) is 2.47. The van der Waals surface area contributed by atoms with Gasteiger partial charge in [-0.2, -0.15) is 0 Å². The molecule has 0 fully saturated rings. The number of aryl methyl sites for hydroxylation is 2. The molecular weight excluding hydrogens is 252 g/mol. The number of hydrogen-bond acceptors (Lipinski definition) is 0. The predicted molar refractivity (Wildman–Crippen MR) is 92.9 cm³/mol. The van der Waals surface area contributed by atoms with Crippen molar-refractivity contribution in [3.63, 3.8) is 0 Å². The van der Waals surface area contributed by atoms with Crippen molar-refractivity contribution in [1.82, 2.24) is 0 Å². The molecule has 0 heterocycles. The van der Waals surface area contributed by atoms with Crippen LogP contribution >= 0.6 is 0 Å². The van der Waals surface area contributed by atoms with E-state index in [1.807, 2.05) is 0 Å². The fourth-order valence-corrected chi connectivity index (χ4v) is 2.93. The molecule has 0 saturated heterocycles. The van der Waals surface area contributed by atoms with E-state index in [0.717, 1.165) is 0 Å². The molecule has 0 aromatic heterocycles. The Labute approximate surface area is 127 Å². The van der Waals surface area contributed by atoms with Gasteiger partial charge in [0.05, 0.1) is 0 Å². The third-order valence-corrected chi connectivity index (χ3v) is 4.25. The molecule has 0 aliphatic heterocycles. The van der Waals surface area contributed by atoms with Gasteiger partial charge < -0.3 is 0 Å². The summed E-state index contributed by atoms with van der Waals surface area (Å²) in [7, 11) is 0. The summed E-state index contributed by atoms with van der Waals surface area (Å²) in [6, 6.07) is 20.2. The maximum atomic E-state index is 2.36. The van der Waals surface area contributed by atoms with Crippen LogP contribution in [0.1, 0.15) is 36.5 Å². The lowest BCUT2D eigenvalue weighted by molar-refractivity contribution is 0.868. The number of benzene rings is 3. The number of rotatable bonds is 2. The second-order valence-electron chi connectivity index (χ2n) is 6.26. The van der Waals surface area contributed by atoms with E-state index >= 15 is 0 Å². The molecule has 0 radical (unpaired) electrons. The van der Waals surface area contributed by atoms with Gasteiger partial charge in [-0.25, -0.2) is 0 Å². The van der Waals surface area contributed by atoms with Crippen LogP contribution in [0.25, 0.3) is 21.9 Å². The lowest BCUT2D eigenvalue weighted by Crippen LogP contribution is -1.90. The summed E-state index contributed by atoms with van der Waals surface area (Å²) >= 11 is 0. The number of hydrogen-bond donors (Lipinski definition) is 0. The van der Waals surface area contributed by atoms with Gasteiger partial charge in [-0.15, -0.1) is 0 Å². The van der Waals surface area contributed by atoms with Gasteiger partial charge in [0, 0.05) is 0 Å². The quantitative estimate of drug-likeness (QED) is 0.518. The molecule has 3 aromatic carbocycles. The van der Waals surface area contributed by atoms with Gasteiger partial charge in [-0.1, -0.05) is 74.0 Å². The summed E-state index contributed by atoms with van der Waals surface area (Å²) in [6.07, 6.45) is 0. The van der Waals surface area contributed by atoms with Gasteiger partial charge >= 0.3 is 0 Å². The van der Waals surface area contributed by atoms with Crippen LogP contribution in [0.3, 0.4) is 0 Å². The van der Waals surface area contributed by atoms with Crippen molar-refractivity contribution >= 4 is 10.8 Å². The Bertz CT molecular complexity index is 794. The topological polar surface area (TPSA) is 0 Å². The number of fused-ring (bicyclic) bond motifs is 1. The van der Waals surface area contributed by atoms with Crippen molar-refractivity contribution in [2.45, 2.75) is 33.6 Å². The molecule has 3 aromatic rings. The van der Waals surface area contributed by atoms with E-state index in [4.69, 9.17) is 0 Å². The molecule has 0 heteroatoms. The molecule has 0 atom stereocenters. The van der Waals surface area contributed by atoms with Gasteiger partial charge in [-0.3, -0.25) is 0 Å². The van der Waals surface area contributed by atoms with Crippen molar-refractivity contribution in [3.05, 3.63) is 71.3 Å². The van der Waals surface area contributed by atoms with Crippen LogP contribution in [-0.2, 0) is 0 Å². The Morgan fingerprint density at radius 2 is 1.57 bits per heavy atom. The van der Waals surface area contributed by atoms with E-state index in [1.54, 1.807) is 0 Å². The van der Waals surface area contributed by atoms with Crippen molar-refractivity contribution in [1.29, 1.82) is 0 Å². The van der Waals surface area contributed by atoms with E-state index in [1.165, 1.54) is 38.6 Å². The SMILES string of the molecule is Cc1cccc(-c2ccc(C)c3cc(C(C)C)ccc23)c1. The molecule has 0 N–H and O–H groups in total. The van der Waals surface area contributed by atoms with E-state index < -0.39 is 0 Å². The smallest absolute Gasteiger partial charge is 0.0103 e. The molecule has 0 aliphatic rings. The minimum atomic E-state index is 0.566. The van der Waals surface area contributed by atoms with Gasteiger partial charge in [0.15, 0.2) is 0 Å². The zero-order chi connectivity index (χ0) is 15.0. The monoisotopic (exact) mass is 274 g/mol. The van der Waals surface area contributed by atoms with Crippen molar-refractivity contribution in [3.8, 4) is 11.1 Å². The molecule has 0 unspecified atom stereocenters. The predicted octanol–water partition coefficient (Wildman–Crippen LogP) is 6.25. The summed E-state index contributed by atoms with van der Waals surface area (Å²) in [5, 5.41) is 2.73. The highest BCUT2D eigenvalue weighted by atomic mass is 14.1. The van der Waals surface area contributed by atoms with Gasteiger partial charge in [0.2, 0.25) is 0 Å². The Morgan fingerprint density at radius 1 is 0.762 bits per heavy atom. The van der Waals surface area contributed by atoms with Gasteiger partial charge in [-0.05, 0) is 52.8 Å². The molecule has 106 valence electrons. The average molecular weight is 274 g/mol. The zero-order valence-corrected chi connectivity index (χ0v) is 13.3. The normalized spacial score (nSPS) is 11.3. The second-order valence-corrected chi connectivity index (χ2v) is 6.26. The zero-order valence-electron chi connectivity index (χ0n) is 13.3. The summed E-state index contributed by atoms with van der Waals surface area (Å²) in [4.78, 5) is 0. The van der Waals surface area contributed by atoms with E-state index in [-0.39, 0.29) is 0 Å². The van der Waals surface area contributed by atoms with Crippen molar-refractivity contribution in [2.75, 3.05) is 0 Å². The fraction of sp³-hybridized carbons (Fsp3) is 0.238. The summed E-state index contributed by atoms with van der Waals surface area (Å²) in [5.41, 5.74) is 6.70. The van der Waals surface area contributed by atoms with E-state index in [9.17, 15) is 0 Å². The lowest BCUT2D eigenvalue weighted by Gasteiger charge is -2.13. The molecule has 0 bridgehead atoms. The van der Waals surface area contributed by atoms with Crippen LogP contribution in [0.2, 0.25) is 0 Å². The third-order valence-electron chi connectivity index (χ3n) is 4.25. The van der Waals surface area contributed by atoms with Crippen LogP contribution in [0.15, 0.2) is 54.6 Å². The highest BCUT2D eigenvalue weighted by molar-refractivity contribution is 5.98. The maximum Gasteiger partial charge on any atom is -0.0103 e. The Kier molecular flexibility index (Phi) is 3.55. The molecule has 3 rings (SSSR count). The fourth-order valence-electron chi connectivity index (χ4n) is 2.93. The first-order valence-corrected chi connectivity index (χ1v) is 7.66. The largest absolute Gasteiger partial charge is 0.0614 e. The van der Waals surface area contributed by atoms with Crippen LogP contribution in [0, 0.1) is 13.8 Å². The van der Waals surface area contributed by atoms with Gasteiger partial charge in [0.25, 0.3) is 0 Å². The molecule has 0 spiro atoms. The van der Waals surface area contributed by atoms with Crippen LogP contribution in [0.4, 0.5) is 0 Å². The maximum absolute atomic E-state index is 2.36. The minimum absolute atomic E-state index is 0.566. The van der Waals surface area contributed by atoms with Gasteiger partial charge in [0.1, 0.15) is 0 Å². The summed E-state index contributed by atoms with van der Waals surface area (Å²) in [5.74, 6) is 0.566. The van der Waals surface area contributed by atoms with Crippen molar-refractivity contribution < 1.29 is 0 Å². The Balaban J connectivity index is 2.28. The van der Waals surface area contributed by atoms with Crippen LogP contribution in [0.5, 0.6) is 0 Å². The molecule has 21 heavy (non-hydrogen) atoms. The van der Waals surface area contributed by atoms with Crippen molar-refractivity contribution in [2.24, 2.45) is 0 Å². The Hall–Kier alpha value is -2.08. The third kappa shape index (κ3) is 2.58. The first kappa shape index (κ1) is 13.9. The van der Waals surface area contributed by atoms with Crippen LogP contribution in [-0.4, -0.2) is 0 Å². The highest BCUT2D eigenvalue weighted by Crippen LogP contribution is 2.33. The van der Waals surface area contributed by atoms with E-state index in [0.29, 0.717) is 5.92 Å². The molecule has 0 amide bonds. The van der Waals surface area contributed by atoms with E-state index in [2.05, 4.69) is 82.3 Å². The standard InChI is InChI=1S/C21H22/c1-14(2)17-9-11-20-19(10-8-16(4)21(20)13-17)18-7-5-6-15(3)12-18/h5-14H,1-4H3. The highest BCUT2D eigenvalue weighted by Gasteiger charge is 2.08. The first-order chi connectivity index (χ1) is 10.1. The summed E-state index contributed by atoms with van der Waals surface area (Å²) in [6.45, 7) is 8.85. The molecule has 0 aliphatic carbocycles. The molecular formula is C21H22. The lowest BCUT2D eigenvalue weighted by atomic mass is 9.91. The molecule has 0 nitrogen and oxygen atoms in total. The second kappa shape index (κ2) is 5.37. The minimum Gasteiger partial charge on any atom is -0.0614 e. The Morgan fingerprint density at radius 3 is 2.29 bits per heavy atom.